The van der Waals surface area contributed by atoms with Gasteiger partial charge in [0.15, 0.2) is 0 Å². The second-order valence-corrected chi connectivity index (χ2v) is 4.33. The van der Waals surface area contributed by atoms with Crippen LogP contribution >= 0.6 is 0 Å². The van der Waals surface area contributed by atoms with Crippen molar-refractivity contribution in [2.24, 2.45) is 7.05 Å². The van der Waals surface area contributed by atoms with Crippen LogP contribution in [0.15, 0.2) is 18.5 Å². The molecule has 6 heteroatoms. The summed E-state index contributed by atoms with van der Waals surface area (Å²) < 4.78 is 1.51. The molecule has 100 valence electrons. The number of amides is 1. The van der Waals surface area contributed by atoms with Crippen molar-refractivity contribution in [2.75, 3.05) is 11.1 Å². The Morgan fingerprint density at radius 2 is 2.26 bits per heavy atom. The summed E-state index contributed by atoms with van der Waals surface area (Å²) in [5, 5.41) is 7.03. The van der Waals surface area contributed by atoms with Crippen LogP contribution in [0.2, 0.25) is 0 Å². The third-order valence-electron chi connectivity index (χ3n) is 3.00. The average Bonchev–Trinajstić information content (AvgIpc) is 2.67. The molecule has 2 aromatic heterocycles. The predicted molar refractivity (Wildman–Crippen MR) is 73.9 cm³/mol. The van der Waals surface area contributed by atoms with Gasteiger partial charge in [-0.15, -0.1) is 0 Å². The Morgan fingerprint density at radius 3 is 2.84 bits per heavy atom. The Morgan fingerprint density at radius 1 is 1.53 bits per heavy atom. The van der Waals surface area contributed by atoms with Crippen LogP contribution in [0.3, 0.4) is 0 Å². The Balaban J connectivity index is 2.31. The lowest BCUT2D eigenvalue weighted by Crippen LogP contribution is -2.18. The number of nitrogen functional groups attached to an aromatic ring is 1. The molecule has 0 aliphatic rings. The molecule has 0 aliphatic heterocycles. The molecular formula is C13H17N5O. The highest BCUT2D eigenvalue weighted by molar-refractivity contribution is 6.07. The first-order valence-electron chi connectivity index (χ1n) is 6.07. The van der Waals surface area contributed by atoms with E-state index in [2.05, 4.69) is 15.4 Å². The highest BCUT2D eigenvalue weighted by Gasteiger charge is 2.19. The molecule has 0 fully saturated rings. The van der Waals surface area contributed by atoms with Crippen molar-refractivity contribution in [1.29, 1.82) is 0 Å². The van der Waals surface area contributed by atoms with Crippen molar-refractivity contribution in [3.63, 3.8) is 0 Å². The number of pyridine rings is 1. The summed E-state index contributed by atoms with van der Waals surface area (Å²) >= 11 is 0. The van der Waals surface area contributed by atoms with Crippen LogP contribution in [0, 0.1) is 6.92 Å². The van der Waals surface area contributed by atoms with Crippen LogP contribution < -0.4 is 11.1 Å². The van der Waals surface area contributed by atoms with E-state index in [-0.39, 0.29) is 5.91 Å². The first-order chi connectivity index (χ1) is 9.04. The molecule has 6 nitrogen and oxygen atoms in total. The number of rotatable bonds is 3. The SMILES string of the molecule is CCc1nn(C)c(C(=O)Nc2cnccc2C)c1N. The molecule has 0 saturated heterocycles. The molecule has 0 saturated carbocycles. The van der Waals surface area contributed by atoms with E-state index in [1.807, 2.05) is 19.9 Å². The monoisotopic (exact) mass is 259 g/mol. The molecule has 0 aromatic carbocycles. The van der Waals surface area contributed by atoms with Crippen molar-refractivity contribution in [1.82, 2.24) is 14.8 Å². The summed E-state index contributed by atoms with van der Waals surface area (Å²) in [7, 11) is 1.71. The lowest BCUT2D eigenvalue weighted by molar-refractivity contribution is 0.101. The minimum atomic E-state index is -0.275. The van der Waals surface area contributed by atoms with Gasteiger partial charge in [0.05, 0.1) is 23.3 Å². The Labute approximate surface area is 111 Å². The van der Waals surface area contributed by atoms with Gasteiger partial charge in [-0.2, -0.15) is 5.10 Å². The first kappa shape index (κ1) is 13.1. The van der Waals surface area contributed by atoms with Crippen molar-refractivity contribution in [3.05, 3.63) is 35.4 Å². The van der Waals surface area contributed by atoms with Gasteiger partial charge in [0.1, 0.15) is 5.69 Å². The molecule has 0 bridgehead atoms. The number of hydrogen-bond donors (Lipinski definition) is 2. The smallest absolute Gasteiger partial charge is 0.276 e. The maximum absolute atomic E-state index is 12.3. The molecule has 2 aromatic rings. The van der Waals surface area contributed by atoms with Crippen molar-refractivity contribution >= 4 is 17.3 Å². The van der Waals surface area contributed by atoms with Gasteiger partial charge in [-0.3, -0.25) is 14.5 Å². The molecule has 0 radical (unpaired) electrons. The molecule has 1 amide bonds. The molecule has 0 aliphatic carbocycles. The van der Waals surface area contributed by atoms with Gasteiger partial charge in [-0.05, 0) is 25.0 Å². The van der Waals surface area contributed by atoms with Gasteiger partial charge in [0.2, 0.25) is 0 Å². The zero-order valence-electron chi connectivity index (χ0n) is 11.3. The van der Waals surface area contributed by atoms with E-state index in [9.17, 15) is 4.79 Å². The average molecular weight is 259 g/mol. The van der Waals surface area contributed by atoms with E-state index >= 15 is 0 Å². The zero-order valence-corrected chi connectivity index (χ0v) is 11.3. The second-order valence-electron chi connectivity index (χ2n) is 4.33. The van der Waals surface area contributed by atoms with E-state index < -0.39 is 0 Å². The predicted octanol–water partition coefficient (Wildman–Crippen LogP) is 1.52. The summed E-state index contributed by atoms with van der Waals surface area (Å²) in [5.74, 6) is -0.275. The number of anilines is 2. The van der Waals surface area contributed by atoms with Gasteiger partial charge in [-0.1, -0.05) is 6.92 Å². The van der Waals surface area contributed by atoms with E-state index in [1.54, 1.807) is 19.4 Å². The lowest BCUT2D eigenvalue weighted by atomic mass is 10.2. The maximum atomic E-state index is 12.3. The van der Waals surface area contributed by atoms with E-state index in [0.717, 1.165) is 11.3 Å². The van der Waals surface area contributed by atoms with E-state index in [4.69, 9.17) is 5.73 Å². The van der Waals surface area contributed by atoms with Crippen LogP contribution in [-0.2, 0) is 13.5 Å². The summed E-state index contributed by atoms with van der Waals surface area (Å²) in [6, 6.07) is 1.83. The van der Waals surface area contributed by atoms with E-state index in [1.165, 1.54) is 4.68 Å². The first-order valence-corrected chi connectivity index (χ1v) is 6.07. The second kappa shape index (κ2) is 5.09. The fraction of sp³-hybridized carbons (Fsp3) is 0.308. The van der Waals surface area contributed by atoms with Crippen molar-refractivity contribution in [2.45, 2.75) is 20.3 Å². The normalized spacial score (nSPS) is 10.5. The number of nitrogens with one attached hydrogen (secondary N) is 1. The minimum Gasteiger partial charge on any atom is -0.395 e. The number of carbonyl (C=O) groups is 1. The van der Waals surface area contributed by atoms with Gasteiger partial charge in [-0.25, -0.2) is 0 Å². The molecule has 0 unspecified atom stereocenters. The third-order valence-corrected chi connectivity index (χ3v) is 3.00. The van der Waals surface area contributed by atoms with Gasteiger partial charge < -0.3 is 11.1 Å². The Kier molecular flexibility index (Phi) is 3.50. The van der Waals surface area contributed by atoms with Crippen LogP contribution in [0.4, 0.5) is 11.4 Å². The number of aryl methyl sites for hydroxylation is 3. The highest BCUT2D eigenvalue weighted by atomic mass is 16.2. The van der Waals surface area contributed by atoms with Crippen LogP contribution in [0.1, 0.15) is 28.7 Å². The van der Waals surface area contributed by atoms with Gasteiger partial charge >= 0.3 is 0 Å². The molecular weight excluding hydrogens is 242 g/mol. The maximum Gasteiger partial charge on any atom is 0.276 e. The quantitative estimate of drug-likeness (QED) is 0.875. The Hall–Kier alpha value is -2.37. The Bertz CT molecular complexity index is 617. The topological polar surface area (TPSA) is 85.8 Å². The standard InChI is InChI=1S/C13H17N5O/c1-4-9-11(14)12(18(3)17-9)13(19)16-10-7-15-6-5-8(10)2/h5-7H,4,14H2,1-3H3,(H,16,19). The minimum absolute atomic E-state index is 0.275. The van der Waals surface area contributed by atoms with Gasteiger partial charge in [0, 0.05) is 13.2 Å². The van der Waals surface area contributed by atoms with E-state index in [0.29, 0.717) is 23.5 Å². The van der Waals surface area contributed by atoms with Crippen LogP contribution in [-0.4, -0.2) is 20.7 Å². The summed E-state index contributed by atoms with van der Waals surface area (Å²) in [4.78, 5) is 16.2. The molecule has 3 N–H and O–H groups in total. The number of carbonyl (C=O) groups excluding carboxylic acids is 1. The molecule has 19 heavy (non-hydrogen) atoms. The fourth-order valence-electron chi connectivity index (χ4n) is 1.90. The third kappa shape index (κ3) is 2.42. The van der Waals surface area contributed by atoms with Gasteiger partial charge in [0.25, 0.3) is 5.91 Å². The number of hydrogen-bond acceptors (Lipinski definition) is 4. The van der Waals surface area contributed by atoms with Crippen molar-refractivity contribution in [3.8, 4) is 0 Å². The molecule has 2 rings (SSSR count). The number of nitrogens with two attached hydrogens (primary N) is 1. The summed E-state index contributed by atoms with van der Waals surface area (Å²) in [5.41, 5.74) is 9.11. The highest BCUT2D eigenvalue weighted by Crippen LogP contribution is 2.19. The molecule has 2 heterocycles. The fourth-order valence-corrected chi connectivity index (χ4v) is 1.90. The lowest BCUT2D eigenvalue weighted by Gasteiger charge is -2.08. The van der Waals surface area contributed by atoms with Crippen molar-refractivity contribution < 1.29 is 4.79 Å². The molecule has 0 atom stereocenters. The summed E-state index contributed by atoms with van der Waals surface area (Å²) in [6.07, 6.45) is 3.98. The number of aromatic nitrogens is 3. The summed E-state index contributed by atoms with van der Waals surface area (Å²) in [6.45, 7) is 3.85. The molecule has 0 spiro atoms. The van der Waals surface area contributed by atoms with Crippen LogP contribution in [0.25, 0.3) is 0 Å². The van der Waals surface area contributed by atoms with Crippen LogP contribution in [0.5, 0.6) is 0 Å². The largest absolute Gasteiger partial charge is 0.395 e. The number of nitrogens with zero attached hydrogens (tertiary/aromatic N) is 3. The zero-order chi connectivity index (χ0) is 14.0.